The molecule has 0 bridgehead atoms. The number of amides is 2. The number of nitrogens with zero attached hydrogens (tertiary/aromatic N) is 2. The van der Waals surface area contributed by atoms with Gasteiger partial charge in [0.05, 0.1) is 23.8 Å². The highest BCUT2D eigenvalue weighted by Crippen LogP contribution is 2.16. The van der Waals surface area contributed by atoms with E-state index < -0.39 is 5.97 Å². The number of carbonyl (C=O) groups excluding carboxylic acids is 1. The van der Waals surface area contributed by atoms with Crippen LogP contribution < -0.4 is 5.32 Å². The number of thiazole rings is 1. The molecule has 1 saturated heterocycles. The number of hydrogen-bond acceptors (Lipinski definition) is 5. The Morgan fingerprint density at radius 1 is 1.57 bits per heavy atom. The zero-order chi connectivity index (χ0) is 15.5. The van der Waals surface area contributed by atoms with Crippen molar-refractivity contribution in [2.24, 2.45) is 0 Å². The molecule has 8 heteroatoms. The normalized spacial score (nSPS) is 17.5. The first-order valence-corrected chi connectivity index (χ1v) is 7.60. The second-order valence-electron chi connectivity index (χ2n) is 5.44. The summed E-state index contributed by atoms with van der Waals surface area (Å²) in [7, 11) is 0. The number of aromatic carboxylic acids is 1. The second kappa shape index (κ2) is 6.40. The number of ether oxygens (including phenoxy) is 1. The number of carbonyl (C=O) groups is 2. The van der Waals surface area contributed by atoms with E-state index in [2.05, 4.69) is 10.3 Å². The molecule has 2 rings (SSSR count). The SMILES string of the molecule is CC1(C)CN(C(=O)NCCc2nc(C(=O)O)cs2)CCO1. The molecule has 1 fully saturated rings. The lowest BCUT2D eigenvalue weighted by molar-refractivity contribution is -0.0733. The molecule has 2 heterocycles. The highest BCUT2D eigenvalue weighted by molar-refractivity contribution is 7.09. The van der Waals surface area contributed by atoms with Crippen LogP contribution in [0.25, 0.3) is 0 Å². The first-order chi connectivity index (χ1) is 9.87. The van der Waals surface area contributed by atoms with Crippen molar-refractivity contribution >= 4 is 23.3 Å². The van der Waals surface area contributed by atoms with Gasteiger partial charge in [0.1, 0.15) is 0 Å². The maximum absolute atomic E-state index is 12.0. The highest BCUT2D eigenvalue weighted by Gasteiger charge is 2.29. The molecule has 2 amide bonds. The third-order valence-electron chi connectivity index (χ3n) is 3.10. The Morgan fingerprint density at radius 2 is 2.33 bits per heavy atom. The molecule has 0 aliphatic carbocycles. The van der Waals surface area contributed by atoms with Crippen LogP contribution in [-0.2, 0) is 11.2 Å². The van der Waals surface area contributed by atoms with Gasteiger partial charge in [-0.05, 0) is 13.8 Å². The smallest absolute Gasteiger partial charge is 0.355 e. The van der Waals surface area contributed by atoms with Gasteiger partial charge >= 0.3 is 12.0 Å². The van der Waals surface area contributed by atoms with Gasteiger partial charge in [-0.2, -0.15) is 0 Å². The third kappa shape index (κ3) is 4.40. The van der Waals surface area contributed by atoms with Gasteiger partial charge in [0, 0.05) is 24.9 Å². The van der Waals surface area contributed by atoms with Gasteiger partial charge in [-0.1, -0.05) is 0 Å². The third-order valence-corrected chi connectivity index (χ3v) is 4.01. The number of rotatable bonds is 4. The van der Waals surface area contributed by atoms with Crippen molar-refractivity contribution in [1.82, 2.24) is 15.2 Å². The van der Waals surface area contributed by atoms with Gasteiger partial charge in [0.25, 0.3) is 0 Å². The average Bonchev–Trinajstić information content (AvgIpc) is 2.86. The summed E-state index contributed by atoms with van der Waals surface area (Å²) in [6.45, 7) is 6.01. The minimum Gasteiger partial charge on any atom is -0.476 e. The van der Waals surface area contributed by atoms with Crippen molar-refractivity contribution in [3.8, 4) is 0 Å². The maximum atomic E-state index is 12.0. The molecule has 0 saturated carbocycles. The number of carboxylic acids is 1. The predicted molar refractivity (Wildman–Crippen MR) is 77.8 cm³/mol. The Morgan fingerprint density at radius 3 is 2.95 bits per heavy atom. The predicted octanol–water partition coefficient (Wildman–Crippen LogP) is 1.20. The van der Waals surface area contributed by atoms with Crippen molar-refractivity contribution in [2.75, 3.05) is 26.2 Å². The molecule has 116 valence electrons. The minimum atomic E-state index is -1.03. The highest BCUT2D eigenvalue weighted by atomic mass is 32.1. The molecule has 21 heavy (non-hydrogen) atoms. The van der Waals surface area contributed by atoms with Crippen molar-refractivity contribution < 1.29 is 19.4 Å². The van der Waals surface area contributed by atoms with Crippen molar-refractivity contribution in [1.29, 1.82) is 0 Å². The van der Waals surface area contributed by atoms with E-state index in [1.54, 1.807) is 4.90 Å². The summed E-state index contributed by atoms with van der Waals surface area (Å²) in [6.07, 6.45) is 0.525. The van der Waals surface area contributed by atoms with Crippen molar-refractivity contribution in [3.05, 3.63) is 16.1 Å². The second-order valence-corrected chi connectivity index (χ2v) is 6.39. The quantitative estimate of drug-likeness (QED) is 0.871. The van der Waals surface area contributed by atoms with Crippen LogP contribution in [0, 0.1) is 0 Å². The Kier molecular flexibility index (Phi) is 4.79. The van der Waals surface area contributed by atoms with E-state index in [0.717, 1.165) is 0 Å². The molecule has 0 unspecified atom stereocenters. The summed E-state index contributed by atoms with van der Waals surface area (Å²) in [5, 5.41) is 13.8. The van der Waals surface area contributed by atoms with Crippen molar-refractivity contribution in [2.45, 2.75) is 25.9 Å². The molecule has 1 aliphatic rings. The summed E-state index contributed by atoms with van der Waals surface area (Å²) in [4.78, 5) is 28.5. The largest absolute Gasteiger partial charge is 0.476 e. The number of morpholine rings is 1. The van der Waals surface area contributed by atoms with Crippen LogP contribution in [0.5, 0.6) is 0 Å². The van der Waals surface area contributed by atoms with Gasteiger partial charge in [-0.25, -0.2) is 14.6 Å². The Bertz CT molecular complexity index is 529. The van der Waals surface area contributed by atoms with E-state index in [0.29, 0.717) is 37.7 Å². The lowest BCUT2D eigenvalue weighted by Gasteiger charge is -2.38. The standard InChI is InChI=1S/C13H19N3O4S/c1-13(2)8-16(5-6-20-13)12(19)14-4-3-10-15-9(7-21-10)11(17)18/h7H,3-6,8H2,1-2H3,(H,14,19)(H,17,18). The first kappa shape index (κ1) is 15.7. The van der Waals surface area contributed by atoms with Crippen LogP contribution in [0.1, 0.15) is 29.3 Å². The Balaban J connectivity index is 1.77. The summed E-state index contributed by atoms with van der Waals surface area (Å²) >= 11 is 1.29. The molecule has 7 nitrogen and oxygen atoms in total. The molecule has 2 N–H and O–H groups in total. The molecular weight excluding hydrogens is 294 g/mol. The number of nitrogens with one attached hydrogen (secondary N) is 1. The number of urea groups is 1. The molecule has 0 atom stereocenters. The minimum absolute atomic E-state index is 0.0521. The van der Waals surface area contributed by atoms with E-state index in [-0.39, 0.29) is 17.3 Å². The van der Waals surface area contributed by atoms with Crippen LogP contribution in [0.2, 0.25) is 0 Å². The van der Waals surface area contributed by atoms with Gasteiger partial charge < -0.3 is 20.1 Å². The van der Waals surface area contributed by atoms with Crippen LogP contribution in [0.4, 0.5) is 4.79 Å². The molecule has 1 aliphatic heterocycles. The molecule has 1 aromatic rings. The van der Waals surface area contributed by atoms with E-state index >= 15 is 0 Å². The zero-order valence-corrected chi connectivity index (χ0v) is 12.9. The molecule has 0 spiro atoms. The summed E-state index contributed by atoms with van der Waals surface area (Å²) in [5.41, 5.74) is -0.266. The number of aromatic nitrogens is 1. The lowest BCUT2D eigenvalue weighted by atomic mass is 10.1. The van der Waals surface area contributed by atoms with E-state index in [9.17, 15) is 9.59 Å². The van der Waals surface area contributed by atoms with Gasteiger partial charge in [0.2, 0.25) is 0 Å². The van der Waals surface area contributed by atoms with Crippen LogP contribution >= 0.6 is 11.3 Å². The van der Waals surface area contributed by atoms with E-state index in [1.807, 2.05) is 13.8 Å². The Labute approximate surface area is 126 Å². The molecule has 1 aromatic heterocycles. The monoisotopic (exact) mass is 313 g/mol. The van der Waals surface area contributed by atoms with Gasteiger partial charge in [-0.15, -0.1) is 11.3 Å². The zero-order valence-electron chi connectivity index (χ0n) is 12.1. The fourth-order valence-electron chi connectivity index (χ4n) is 2.10. The summed E-state index contributed by atoms with van der Waals surface area (Å²) < 4.78 is 5.56. The van der Waals surface area contributed by atoms with E-state index in [4.69, 9.17) is 9.84 Å². The van der Waals surface area contributed by atoms with Crippen LogP contribution in [-0.4, -0.2) is 58.8 Å². The topological polar surface area (TPSA) is 91.8 Å². The number of hydrogen-bond donors (Lipinski definition) is 2. The number of carboxylic acid groups (broad SMARTS) is 1. The van der Waals surface area contributed by atoms with Gasteiger partial charge in [-0.3, -0.25) is 0 Å². The fourth-order valence-corrected chi connectivity index (χ4v) is 2.87. The molecule has 0 radical (unpaired) electrons. The molecule has 0 aromatic carbocycles. The van der Waals surface area contributed by atoms with Gasteiger partial charge in [0.15, 0.2) is 5.69 Å². The maximum Gasteiger partial charge on any atom is 0.355 e. The summed E-state index contributed by atoms with van der Waals surface area (Å²) in [5.74, 6) is -1.03. The van der Waals surface area contributed by atoms with Crippen LogP contribution in [0.3, 0.4) is 0 Å². The summed E-state index contributed by atoms with van der Waals surface area (Å²) in [6, 6.07) is -0.124. The first-order valence-electron chi connectivity index (χ1n) is 6.72. The van der Waals surface area contributed by atoms with Crippen LogP contribution in [0.15, 0.2) is 5.38 Å². The fraction of sp³-hybridized carbons (Fsp3) is 0.615. The Hall–Kier alpha value is -1.67. The van der Waals surface area contributed by atoms with E-state index in [1.165, 1.54) is 16.7 Å². The molecular formula is C13H19N3O4S. The lowest BCUT2D eigenvalue weighted by Crippen LogP contribution is -2.53. The average molecular weight is 313 g/mol. The van der Waals surface area contributed by atoms with Crippen molar-refractivity contribution in [3.63, 3.8) is 0 Å².